The van der Waals surface area contributed by atoms with Gasteiger partial charge in [-0.05, 0) is 31.2 Å². The number of benzene rings is 2. The van der Waals surface area contributed by atoms with Gasteiger partial charge in [-0.1, -0.05) is 12.1 Å². The van der Waals surface area contributed by atoms with Gasteiger partial charge >= 0.3 is 0 Å². The van der Waals surface area contributed by atoms with Crippen LogP contribution in [0.25, 0.3) is 22.4 Å². The van der Waals surface area contributed by atoms with Crippen molar-refractivity contribution in [1.29, 1.82) is 0 Å². The van der Waals surface area contributed by atoms with E-state index in [4.69, 9.17) is 0 Å². The molecule has 0 atom stereocenters. The molecular formula is C14H11N3O2. The largest absolute Gasteiger partial charge is 0.338 e. The summed E-state index contributed by atoms with van der Waals surface area (Å²) in [7, 11) is 0. The molecule has 1 N–H and O–H groups in total. The number of nitro benzene ring substituents is 1. The van der Waals surface area contributed by atoms with Gasteiger partial charge in [0, 0.05) is 17.2 Å². The van der Waals surface area contributed by atoms with Crippen molar-refractivity contribution in [2.24, 2.45) is 0 Å². The summed E-state index contributed by atoms with van der Waals surface area (Å²) in [5, 5.41) is 10.8. The highest BCUT2D eigenvalue weighted by atomic mass is 16.6. The lowest BCUT2D eigenvalue weighted by molar-refractivity contribution is -0.385. The van der Waals surface area contributed by atoms with Crippen molar-refractivity contribution in [3.05, 3.63) is 58.1 Å². The molecule has 94 valence electrons. The Hall–Kier alpha value is -2.69. The summed E-state index contributed by atoms with van der Waals surface area (Å²) < 4.78 is 0. The van der Waals surface area contributed by atoms with E-state index >= 15 is 0 Å². The molecule has 0 spiro atoms. The van der Waals surface area contributed by atoms with Gasteiger partial charge in [-0.2, -0.15) is 0 Å². The van der Waals surface area contributed by atoms with Crippen molar-refractivity contribution < 1.29 is 4.92 Å². The van der Waals surface area contributed by atoms with Gasteiger partial charge in [0.1, 0.15) is 5.82 Å². The third-order valence-corrected chi connectivity index (χ3v) is 3.06. The maximum atomic E-state index is 10.8. The van der Waals surface area contributed by atoms with Crippen molar-refractivity contribution in [3.8, 4) is 11.4 Å². The Kier molecular flexibility index (Phi) is 2.52. The van der Waals surface area contributed by atoms with Crippen LogP contribution < -0.4 is 0 Å². The number of aryl methyl sites for hydroxylation is 1. The second-order valence-corrected chi connectivity index (χ2v) is 4.36. The first-order valence-corrected chi connectivity index (χ1v) is 5.85. The lowest BCUT2D eigenvalue weighted by Gasteiger charge is -2.00. The molecule has 1 heterocycles. The number of nitrogens with zero attached hydrogens (tertiary/aromatic N) is 2. The summed E-state index contributed by atoms with van der Waals surface area (Å²) in [6, 6.07) is 12.7. The molecule has 19 heavy (non-hydrogen) atoms. The van der Waals surface area contributed by atoms with Crippen LogP contribution in [0.4, 0.5) is 5.69 Å². The van der Waals surface area contributed by atoms with E-state index in [1.165, 1.54) is 6.07 Å². The van der Waals surface area contributed by atoms with E-state index in [0.29, 0.717) is 5.56 Å². The Balaban J connectivity index is 2.11. The molecule has 2 aromatic carbocycles. The number of rotatable bonds is 2. The van der Waals surface area contributed by atoms with Gasteiger partial charge in [0.15, 0.2) is 0 Å². The Labute approximate surface area is 109 Å². The SMILES string of the molecule is Cc1cc(-c2nc3ccccc3[nH]2)ccc1[N+](=O)[O-]. The number of fused-ring (bicyclic) bond motifs is 1. The molecular weight excluding hydrogens is 242 g/mol. The van der Waals surface area contributed by atoms with Crippen LogP contribution >= 0.6 is 0 Å². The summed E-state index contributed by atoms with van der Waals surface area (Å²) in [5.74, 6) is 0.721. The molecule has 0 saturated heterocycles. The highest BCUT2D eigenvalue weighted by molar-refractivity contribution is 5.79. The maximum Gasteiger partial charge on any atom is 0.272 e. The summed E-state index contributed by atoms with van der Waals surface area (Å²) >= 11 is 0. The van der Waals surface area contributed by atoms with Gasteiger partial charge in [0.25, 0.3) is 5.69 Å². The highest BCUT2D eigenvalue weighted by Crippen LogP contribution is 2.25. The Morgan fingerprint density at radius 2 is 2.00 bits per heavy atom. The molecule has 0 fully saturated rings. The molecule has 0 bridgehead atoms. The molecule has 0 aliphatic carbocycles. The molecule has 0 amide bonds. The van der Waals surface area contributed by atoms with Crippen molar-refractivity contribution in [3.63, 3.8) is 0 Å². The number of aromatic nitrogens is 2. The fraction of sp³-hybridized carbons (Fsp3) is 0.0714. The second kappa shape index (κ2) is 4.20. The Bertz CT molecular complexity index is 744. The monoisotopic (exact) mass is 253 g/mol. The zero-order valence-corrected chi connectivity index (χ0v) is 10.3. The van der Waals surface area contributed by atoms with Gasteiger partial charge in [-0.3, -0.25) is 10.1 Å². The first-order chi connectivity index (χ1) is 9.15. The molecule has 5 nitrogen and oxygen atoms in total. The number of nitrogens with one attached hydrogen (secondary N) is 1. The van der Waals surface area contributed by atoms with Crippen molar-refractivity contribution in [1.82, 2.24) is 9.97 Å². The van der Waals surface area contributed by atoms with E-state index in [0.717, 1.165) is 22.4 Å². The van der Waals surface area contributed by atoms with Crippen LogP contribution in [0, 0.1) is 17.0 Å². The molecule has 0 aliphatic rings. The molecule has 0 saturated carbocycles. The van der Waals surface area contributed by atoms with E-state index in [1.807, 2.05) is 24.3 Å². The predicted molar refractivity (Wildman–Crippen MR) is 72.9 cm³/mol. The number of para-hydroxylation sites is 2. The molecule has 3 rings (SSSR count). The quantitative estimate of drug-likeness (QED) is 0.561. The zero-order valence-electron chi connectivity index (χ0n) is 10.3. The van der Waals surface area contributed by atoms with Crippen LogP contribution in [-0.2, 0) is 0 Å². The van der Waals surface area contributed by atoms with Gasteiger partial charge in [-0.15, -0.1) is 0 Å². The van der Waals surface area contributed by atoms with Crippen molar-refractivity contribution >= 4 is 16.7 Å². The summed E-state index contributed by atoms with van der Waals surface area (Å²) in [6.07, 6.45) is 0. The van der Waals surface area contributed by atoms with Crippen molar-refractivity contribution in [2.75, 3.05) is 0 Å². The third-order valence-electron chi connectivity index (χ3n) is 3.06. The number of aromatic amines is 1. The molecule has 1 aromatic heterocycles. The molecule has 0 radical (unpaired) electrons. The van der Waals surface area contributed by atoms with E-state index in [1.54, 1.807) is 19.1 Å². The summed E-state index contributed by atoms with van der Waals surface area (Å²) in [6.45, 7) is 1.73. The van der Waals surface area contributed by atoms with E-state index in [-0.39, 0.29) is 10.6 Å². The van der Waals surface area contributed by atoms with Gasteiger partial charge in [-0.25, -0.2) is 4.98 Å². The third kappa shape index (κ3) is 1.95. The van der Waals surface area contributed by atoms with Crippen molar-refractivity contribution in [2.45, 2.75) is 6.92 Å². The first kappa shape index (κ1) is 11.4. The van der Waals surface area contributed by atoms with Gasteiger partial charge < -0.3 is 4.98 Å². The van der Waals surface area contributed by atoms with Gasteiger partial charge in [0.05, 0.1) is 16.0 Å². The minimum absolute atomic E-state index is 0.125. The molecule has 0 unspecified atom stereocenters. The smallest absolute Gasteiger partial charge is 0.272 e. The lowest BCUT2D eigenvalue weighted by Crippen LogP contribution is -1.92. The van der Waals surface area contributed by atoms with Crippen LogP contribution in [0.1, 0.15) is 5.56 Å². The van der Waals surface area contributed by atoms with Crippen LogP contribution in [0.5, 0.6) is 0 Å². The van der Waals surface area contributed by atoms with E-state index < -0.39 is 0 Å². The average molecular weight is 253 g/mol. The highest BCUT2D eigenvalue weighted by Gasteiger charge is 2.12. The Morgan fingerprint density at radius 3 is 2.68 bits per heavy atom. The maximum absolute atomic E-state index is 10.8. The number of nitro groups is 1. The lowest BCUT2D eigenvalue weighted by atomic mass is 10.1. The Morgan fingerprint density at radius 1 is 1.21 bits per heavy atom. The minimum atomic E-state index is -0.377. The fourth-order valence-electron chi connectivity index (χ4n) is 2.10. The number of H-pyrrole nitrogens is 1. The average Bonchev–Trinajstić information content (AvgIpc) is 2.81. The standard InChI is InChI=1S/C14H11N3O2/c1-9-8-10(6-7-13(9)17(18)19)14-15-11-4-2-3-5-12(11)16-14/h2-8H,1H3,(H,15,16). The second-order valence-electron chi connectivity index (χ2n) is 4.36. The van der Waals surface area contributed by atoms with Gasteiger partial charge in [0.2, 0.25) is 0 Å². The van der Waals surface area contributed by atoms with E-state index in [2.05, 4.69) is 9.97 Å². The first-order valence-electron chi connectivity index (χ1n) is 5.85. The van der Waals surface area contributed by atoms with Crippen LogP contribution in [0.3, 0.4) is 0 Å². The topological polar surface area (TPSA) is 71.8 Å². The number of hydrogen-bond donors (Lipinski definition) is 1. The van der Waals surface area contributed by atoms with Crippen LogP contribution in [-0.4, -0.2) is 14.9 Å². The van der Waals surface area contributed by atoms with E-state index in [9.17, 15) is 10.1 Å². The number of hydrogen-bond acceptors (Lipinski definition) is 3. The van der Waals surface area contributed by atoms with Crippen LogP contribution in [0.15, 0.2) is 42.5 Å². The minimum Gasteiger partial charge on any atom is -0.338 e. The summed E-state index contributed by atoms with van der Waals surface area (Å²) in [5.41, 5.74) is 3.43. The molecule has 0 aliphatic heterocycles. The fourth-order valence-corrected chi connectivity index (χ4v) is 2.10. The molecule has 5 heteroatoms. The zero-order chi connectivity index (χ0) is 13.4. The van der Waals surface area contributed by atoms with Crippen LogP contribution in [0.2, 0.25) is 0 Å². The number of imidazole rings is 1. The normalized spacial score (nSPS) is 10.8. The predicted octanol–water partition coefficient (Wildman–Crippen LogP) is 3.45. The molecule has 3 aromatic rings. The summed E-state index contributed by atoms with van der Waals surface area (Å²) in [4.78, 5) is 18.1.